The number of rotatable bonds is 6. The van der Waals surface area contributed by atoms with E-state index in [0.29, 0.717) is 12.4 Å². The lowest BCUT2D eigenvalue weighted by atomic mass is 9.89. The van der Waals surface area contributed by atoms with E-state index < -0.39 is 42.2 Å². The Hall–Kier alpha value is -2.75. The van der Waals surface area contributed by atoms with Gasteiger partial charge in [-0.05, 0) is 45.4 Å². The van der Waals surface area contributed by atoms with Crippen molar-refractivity contribution in [2.75, 3.05) is 6.61 Å². The number of benzene rings is 2. The Morgan fingerprint density at radius 2 is 1.59 bits per heavy atom. The first kappa shape index (κ1) is 24.6. The first-order valence-corrected chi connectivity index (χ1v) is 12.8. The number of para-hydroxylation sites is 1. The average Bonchev–Trinajstić information content (AvgIpc) is 3.50. The first-order valence-electron chi connectivity index (χ1n) is 12.8. The molecule has 4 aliphatic rings. The quantitative estimate of drug-likeness (QED) is 0.551. The number of fused-ring (bicyclic) bond motifs is 1. The summed E-state index contributed by atoms with van der Waals surface area (Å²) in [5.41, 5.74) is 1.04. The Bertz CT molecular complexity index is 1150. The van der Waals surface area contributed by atoms with Crippen molar-refractivity contribution in [1.82, 2.24) is 4.90 Å². The number of β-lactam (4-membered cyclic amide) rings is 1. The maximum absolute atomic E-state index is 13.8. The number of hydrogen-bond donors (Lipinski definition) is 0. The fraction of sp³-hybridized carbons (Fsp3) is 0.483. The van der Waals surface area contributed by atoms with Crippen LogP contribution in [-0.2, 0) is 28.5 Å². The number of ether oxygens (including phenoxy) is 6. The van der Waals surface area contributed by atoms with E-state index in [1.165, 1.54) is 0 Å². The van der Waals surface area contributed by atoms with Crippen LogP contribution in [0.5, 0.6) is 5.75 Å². The van der Waals surface area contributed by atoms with Crippen LogP contribution < -0.4 is 4.74 Å². The predicted octanol–water partition coefficient (Wildman–Crippen LogP) is 3.75. The molecule has 6 rings (SSSR count). The van der Waals surface area contributed by atoms with E-state index in [9.17, 15) is 4.79 Å². The average molecular weight is 508 g/mol. The molecule has 0 saturated carbocycles. The second-order valence-electron chi connectivity index (χ2n) is 10.8. The molecule has 0 bridgehead atoms. The molecule has 7 atom stereocenters. The Morgan fingerprint density at radius 1 is 0.892 bits per heavy atom. The van der Waals surface area contributed by atoms with Gasteiger partial charge in [0.25, 0.3) is 5.91 Å². The highest BCUT2D eigenvalue weighted by atomic mass is 16.8. The van der Waals surface area contributed by atoms with Gasteiger partial charge in [0.05, 0.1) is 18.7 Å². The molecule has 2 aromatic carbocycles. The molecule has 1 amide bonds. The van der Waals surface area contributed by atoms with Crippen molar-refractivity contribution in [3.05, 3.63) is 72.3 Å². The Kier molecular flexibility index (Phi) is 6.12. The van der Waals surface area contributed by atoms with Crippen molar-refractivity contribution in [2.45, 2.75) is 82.1 Å². The van der Waals surface area contributed by atoms with E-state index in [1.807, 2.05) is 105 Å². The smallest absolute Gasteiger partial charge is 0.267 e. The van der Waals surface area contributed by atoms with E-state index in [1.54, 1.807) is 0 Å². The molecule has 8 nitrogen and oxygen atoms in total. The number of nitrogens with zero attached hydrogens (tertiary/aromatic N) is 1. The third-order valence-corrected chi connectivity index (χ3v) is 7.19. The van der Waals surface area contributed by atoms with Gasteiger partial charge in [-0.1, -0.05) is 60.7 Å². The minimum atomic E-state index is -0.825. The van der Waals surface area contributed by atoms with Crippen molar-refractivity contribution in [3.63, 3.8) is 0 Å². The van der Waals surface area contributed by atoms with Gasteiger partial charge >= 0.3 is 0 Å². The van der Waals surface area contributed by atoms with Crippen LogP contribution in [0.4, 0.5) is 0 Å². The summed E-state index contributed by atoms with van der Waals surface area (Å²) in [6.45, 7) is 7.80. The van der Waals surface area contributed by atoms with Crippen LogP contribution in [0.15, 0.2) is 66.7 Å². The van der Waals surface area contributed by atoms with Crippen LogP contribution in [-0.4, -0.2) is 71.8 Å². The fourth-order valence-electron chi connectivity index (χ4n) is 5.60. The van der Waals surface area contributed by atoms with E-state index in [4.69, 9.17) is 28.4 Å². The van der Waals surface area contributed by atoms with Crippen LogP contribution in [0, 0.1) is 0 Å². The molecule has 0 aromatic heterocycles. The van der Waals surface area contributed by atoms with Crippen LogP contribution >= 0.6 is 0 Å². The molecule has 4 fully saturated rings. The maximum atomic E-state index is 13.8. The molecular weight excluding hydrogens is 474 g/mol. The molecule has 0 radical (unpaired) electrons. The predicted molar refractivity (Wildman–Crippen MR) is 134 cm³/mol. The molecular formula is C29H33NO7. The minimum absolute atomic E-state index is 0.128. The van der Waals surface area contributed by atoms with Crippen LogP contribution in [0.3, 0.4) is 0 Å². The molecule has 0 unspecified atom stereocenters. The summed E-state index contributed by atoms with van der Waals surface area (Å²) in [5.74, 6) is -1.04. The fourth-order valence-corrected chi connectivity index (χ4v) is 5.60. The lowest BCUT2D eigenvalue weighted by Crippen LogP contribution is -2.72. The van der Waals surface area contributed by atoms with Crippen molar-refractivity contribution >= 4 is 12.0 Å². The topological polar surface area (TPSA) is 75.7 Å². The highest BCUT2D eigenvalue weighted by Crippen LogP contribution is 2.45. The monoisotopic (exact) mass is 507 g/mol. The maximum Gasteiger partial charge on any atom is 0.267 e. The number of carbonyl (C=O) groups excluding carboxylic acids is 1. The second-order valence-corrected chi connectivity index (χ2v) is 10.8. The third kappa shape index (κ3) is 4.69. The zero-order chi connectivity index (χ0) is 25.8. The van der Waals surface area contributed by atoms with Gasteiger partial charge < -0.3 is 33.3 Å². The zero-order valence-electron chi connectivity index (χ0n) is 21.5. The molecule has 4 aliphatic heterocycles. The largest absolute Gasteiger partial charge is 0.478 e. The Balaban J connectivity index is 1.33. The van der Waals surface area contributed by atoms with Crippen LogP contribution in [0.2, 0.25) is 0 Å². The summed E-state index contributed by atoms with van der Waals surface area (Å²) in [7, 11) is 0. The third-order valence-electron chi connectivity index (χ3n) is 7.19. The Morgan fingerprint density at radius 3 is 2.27 bits per heavy atom. The summed E-state index contributed by atoms with van der Waals surface area (Å²) >= 11 is 0. The van der Waals surface area contributed by atoms with Gasteiger partial charge in [-0.3, -0.25) is 4.79 Å². The molecule has 0 spiro atoms. The second kappa shape index (κ2) is 9.22. The molecule has 0 N–H and O–H groups in total. The lowest BCUT2D eigenvalue weighted by Gasteiger charge is -2.50. The van der Waals surface area contributed by atoms with Gasteiger partial charge in [-0.15, -0.1) is 0 Å². The summed E-state index contributed by atoms with van der Waals surface area (Å²) < 4.78 is 36.9. The van der Waals surface area contributed by atoms with Crippen LogP contribution in [0.25, 0.3) is 6.08 Å². The SMILES string of the molecule is CC1(C)O[C@@H]2O[C@H]([C@@H]3COC(C)(C)O3)[C@H](N3C(=O)[C@@H](Oc4ccccc4)[C@H]3/C=C/c3ccccc3)[C@H]2O1. The van der Waals surface area contributed by atoms with E-state index in [0.717, 1.165) is 5.56 Å². The molecule has 4 saturated heterocycles. The van der Waals surface area contributed by atoms with Crippen molar-refractivity contribution in [1.29, 1.82) is 0 Å². The molecule has 8 heteroatoms. The number of amides is 1. The molecule has 2 aromatic rings. The van der Waals surface area contributed by atoms with Crippen molar-refractivity contribution in [3.8, 4) is 5.75 Å². The molecule has 37 heavy (non-hydrogen) atoms. The highest BCUT2D eigenvalue weighted by molar-refractivity contribution is 5.90. The van der Waals surface area contributed by atoms with E-state index >= 15 is 0 Å². The van der Waals surface area contributed by atoms with Gasteiger partial charge in [0.1, 0.15) is 24.1 Å². The van der Waals surface area contributed by atoms with Gasteiger partial charge in [-0.2, -0.15) is 0 Å². The standard InChI is InChI=1S/C29H33NO7/c1-28(2)32-17-21(35-28)24-22(25-27(34-24)37-29(3,4)36-25)30-20(16-15-18-11-7-5-8-12-18)23(26(30)31)33-19-13-9-6-10-14-19/h5-16,20-25,27H,17H2,1-4H3/b16-15+/t20-,21+,22+,23+,24-,25-,27+/m1/s1. The molecule has 0 aliphatic carbocycles. The summed E-state index contributed by atoms with van der Waals surface area (Å²) in [6, 6.07) is 18.6. The normalized spacial score (nSPS) is 36.1. The summed E-state index contributed by atoms with van der Waals surface area (Å²) in [5, 5.41) is 0. The van der Waals surface area contributed by atoms with Gasteiger partial charge in [0.15, 0.2) is 17.9 Å². The van der Waals surface area contributed by atoms with Gasteiger partial charge in [0, 0.05) is 0 Å². The molecule has 196 valence electrons. The van der Waals surface area contributed by atoms with Crippen molar-refractivity contribution < 1.29 is 33.2 Å². The highest BCUT2D eigenvalue weighted by Gasteiger charge is 2.65. The molecule has 4 heterocycles. The van der Waals surface area contributed by atoms with Gasteiger partial charge in [-0.25, -0.2) is 0 Å². The van der Waals surface area contributed by atoms with E-state index in [2.05, 4.69) is 0 Å². The van der Waals surface area contributed by atoms with Crippen molar-refractivity contribution in [2.24, 2.45) is 0 Å². The summed E-state index contributed by atoms with van der Waals surface area (Å²) in [6.07, 6.45) is 1.42. The van der Waals surface area contributed by atoms with Gasteiger partial charge in [0.2, 0.25) is 6.10 Å². The number of likely N-dealkylation sites (tertiary alicyclic amines) is 1. The summed E-state index contributed by atoms with van der Waals surface area (Å²) in [4.78, 5) is 15.6. The lowest BCUT2D eigenvalue weighted by molar-refractivity contribution is -0.232. The number of hydrogen-bond acceptors (Lipinski definition) is 7. The minimum Gasteiger partial charge on any atom is -0.478 e. The Labute approximate surface area is 217 Å². The number of carbonyl (C=O) groups is 1. The van der Waals surface area contributed by atoms with Crippen LogP contribution in [0.1, 0.15) is 33.3 Å². The first-order chi connectivity index (χ1) is 17.7. The van der Waals surface area contributed by atoms with E-state index in [-0.39, 0.29) is 18.1 Å². The zero-order valence-corrected chi connectivity index (χ0v) is 21.5.